The average Bonchev–Trinajstić information content (AvgIpc) is 2.91. The molecule has 1 N–H and O–H groups in total. The minimum Gasteiger partial charge on any atom is -0.321 e. The van der Waals surface area contributed by atoms with Crippen molar-refractivity contribution in [2.75, 3.05) is 5.32 Å². The molecule has 0 aliphatic rings. The highest BCUT2D eigenvalue weighted by atomic mass is 32.1. The van der Waals surface area contributed by atoms with Crippen LogP contribution in [0, 0.1) is 11.3 Å². The number of anilines is 1. The number of hydrogen-bond donors (Lipinski definition) is 1. The van der Waals surface area contributed by atoms with E-state index in [0.29, 0.717) is 4.88 Å². The van der Waals surface area contributed by atoms with Crippen molar-refractivity contribution >= 4 is 22.9 Å². The maximum absolute atomic E-state index is 12.8. The van der Waals surface area contributed by atoms with E-state index in [1.807, 2.05) is 0 Å². The molecule has 2 rings (SSSR count). The lowest BCUT2D eigenvalue weighted by molar-refractivity contribution is -0.137. The van der Waals surface area contributed by atoms with Gasteiger partial charge in [-0.15, -0.1) is 11.3 Å². The number of rotatable bonds is 2. The van der Waals surface area contributed by atoms with Crippen LogP contribution >= 0.6 is 11.3 Å². The summed E-state index contributed by atoms with van der Waals surface area (Å²) in [7, 11) is 0. The van der Waals surface area contributed by atoms with Gasteiger partial charge in [-0.1, -0.05) is 6.07 Å². The SMILES string of the molecule is N#Cc1ccc(NC(=O)c2cccs2)cc1C(F)(F)F. The molecule has 1 amide bonds. The zero-order valence-electron chi connectivity index (χ0n) is 9.86. The van der Waals surface area contributed by atoms with Gasteiger partial charge in [0.1, 0.15) is 0 Å². The van der Waals surface area contributed by atoms with Crippen molar-refractivity contribution in [3.63, 3.8) is 0 Å². The maximum Gasteiger partial charge on any atom is 0.417 e. The molecule has 0 unspecified atom stereocenters. The molecule has 3 nitrogen and oxygen atoms in total. The summed E-state index contributed by atoms with van der Waals surface area (Å²) >= 11 is 1.18. The molecule has 0 bridgehead atoms. The van der Waals surface area contributed by atoms with E-state index in [2.05, 4.69) is 5.32 Å². The number of carbonyl (C=O) groups is 1. The third-order valence-corrected chi connectivity index (χ3v) is 3.32. The first-order valence-corrected chi connectivity index (χ1v) is 6.26. The van der Waals surface area contributed by atoms with Crippen LogP contribution in [0.3, 0.4) is 0 Å². The molecule has 20 heavy (non-hydrogen) atoms. The van der Waals surface area contributed by atoms with Crippen LogP contribution in [0.1, 0.15) is 20.8 Å². The van der Waals surface area contributed by atoms with Gasteiger partial charge in [0.2, 0.25) is 0 Å². The lowest BCUT2D eigenvalue weighted by Crippen LogP contribution is -2.13. The van der Waals surface area contributed by atoms with E-state index in [1.165, 1.54) is 23.5 Å². The summed E-state index contributed by atoms with van der Waals surface area (Å²) in [4.78, 5) is 12.1. The molecule has 2 aromatic rings. The lowest BCUT2D eigenvalue weighted by atomic mass is 10.1. The number of carbonyl (C=O) groups excluding carboxylic acids is 1. The van der Waals surface area contributed by atoms with Gasteiger partial charge in [0, 0.05) is 5.69 Å². The maximum atomic E-state index is 12.8. The van der Waals surface area contributed by atoms with Crippen molar-refractivity contribution in [2.45, 2.75) is 6.18 Å². The smallest absolute Gasteiger partial charge is 0.321 e. The Labute approximate surface area is 116 Å². The molecule has 0 atom stereocenters. The summed E-state index contributed by atoms with van der Waals surface area (Å²) in [6.07, 6.45) is -4.64. The molecule has 1 aromatic heterocycles. The Morgan fingerprint density at radius 1 is 1.30 bits per heavy atom. The van der Waals surface area contributed by atoms with Crippen molar-refractivity contribution in [1.82, 2.24) is 0 Å². The fraction of sp³-hybridized carbons (Fsp3) is 0.0769. The highest BCUT2D eigenvalue weighted by Crippen LogP contribution is 2.33. The van der Waals surface area contributed by atoms with Crippen molar-refractivity contribution < 1.29 is 18.0 Å². The van der Waals surface area contributed by atoms with Crippen LogP contribution in [0.4, 0.5) is 18.9 Å². The topological polar surface area (TPSA) is 52.9 Å². The zero-order chi connectivity index (χ0) is 14.8. The van der Waals surface area contributed by atoms with Crippen molar-refractivity contribution in [1.29, 1.82) is 5.26 Å². The van der Waals surface area contributed by atoms with E-state index >= 15 is 0 Å². The number of nitrogens with zero attached hydrogens (tertiary/aromatic N) is 1. The summed E-state index contributed by atoms with van der Waals surface area (Å²) < 4.78 is 38.3. The third kappa shape index (κ3) is 2.97. The first kappa shape index (κ1) is 14.1. The number of nitrogens with one attached hydrogen (secondary N) is 1. The number of alkyl halides is 3. The molecule has 0 fully saturated rings. The lowest BCUT2D eigenvalue weighted by Gasteiger charge is -2.11. The molecule has 0 aliphatic heterocycles. The molecule has 0 aliphatic carbocycles. The summed E-state index contributed by atoms with van der Waals surface area (Å²) in [5.41, 5.74) is -1.55. The molecule has 7 heteroatoms. The fourth-order valence-electron chi connectivity index (χ4n) is 1.55. The van der Waals surface area contributed by atoms with E-state index in [4.69, 9.17) is 5.26 Å². The normalized spacial score (nSPS) is 10.9. The second-order valence-electron chi connectivity index (χ2n) is 3.80. The van der Waals surface area contributed by atoms with Crippen LogP contribution in [0.2, 0.25) is 0 Å². The third-order valence-electron chi connectivity index (χ3n) is 2.45. The molecule has 0 spiro atoms. The van der Waals surface area contributed by atoms with E-state index < -0.39 is 23.2 Å². The van der Waals surface area contributed by atoms with Gasteiger partial charge in [-0.05, 0) is 29.6 Å². The molecule has 1 heterocycles. The predicted molar refractivity (Wildman–Crippen MR) is 68.4 cm³/mol. The van der Waals surface area contributed by atoms with Crippen LogP contribution in [0.15, 0.2) is 35.7 Å². The Balaban J connectivity index is 2.31. The molecule has 0 saturated heterocycles. The predicted octanol–water partition coefficient (Wildman–Crippen LogP) is 3.89. The van der Waals surface area contributed by atoms with Crippen LogP contribution in [-0.4, -0.2) is 5.91 Å². The standard InChI is InChI=1S/C13H7F3N2OS/c14-13(15,16)10-6-9(4-3-8(10)7-17)18-12(19)11-2-1-5-20-11/h1-6H,(H,18,19). The summed E-state index contributed by atoms with van der Waals surface area (Å²) in [6, 6.07) is 7.76. The Morgan fingerprint density at radius 2 is 2.05 bits per heavy atom. The molecule has 102 valence electrons. The fourth-order valence-corrected chi connectivity index (χ4v) is 2.17. The molecule has 0 radical (unpaired) electrons. The first-order chi connectivity index (χ1) is 9.41. The van der Waals surface area contributed by atoms with E-state index in [9.17, 15) is 18.0 Å². The molecular weight excluding hydrogens is 289 g/mol. The molecule has 1 aromatic carbocycles. The summed E-state index contributed by atoms with van der Waals surface area (Å²) in [5.74, 6) is -0.488. The van der Waals surface area contributed by atoms with Gasteiger partial charge in [0.15, 0.2) is 0 Å². The Morgan fingerprint density at radius 3 is 2.60 bits per heavy atom. The molecule has 0 saturated carbocycles. The van der Waals surface area contributed by atoms with E-state index in [0.717, 1.165) is 12.1 Å². The van der Waals surface area contributed by atoms with Gasteiger partial charge >= 0.3 is 6.18 Å². The van der Waals surface area contributed by atoms with E-state index in [-0.39, 0.29) is 5.69 Å². The second-order valence-corrected chi connectivity index (χ2v) is 4.75. The van der Waals surface area contributed by atoms with Crippen LogP contribution < -0.4 is 5.32 Å². The minimum absolute atomic E-state index is 0.00488. The van der Waals surface area contributed by atoms with Gasteiger partial charge in [-0.2, -0.15) is 18.4 Å². The van der Waals surface area contributed by atoms with Crippen LogP contribution in [0.25, 0.3) is 0 Å². The van der Waals surface area contributed by atoms with Gasteiger partial charge in [-0.25, -0.2) is 0 Å². The minimum atomic E-state index is -4.64. The van der Waals surface area contributed by atoms with Crippen molar-refractivity contribution in [3.05, 3.63) is 51.7 Å². The Kier molecular flexibility index (Phi) is 3.77. The number of thiophene rings is 1. The number of halogens is 3. The van der Waals surface area contributed by atoms with Gasteiger partial charge in [0.25, 0.3) is 5.91 Å². The quantitative estimate of drug-likeness (QED) is 0.914. The van der Waals surface area contributed by atoms with E-state index in [1.54, 1.807) is 17.5 Å². The van der Waals surface area contributed by atoms with Crippen molar-refractivity contribution in [2.24, 2.45) is 0 Å². The van der Waals surface area contributed by atoms with Gasteiger partial charge in [-0.3, -0.25) is 4.79 Å². The highest BCUT2D eigenvalue weighted by Gasteiger charge is 2.34. The summed E-state index contributed by atoms with van der Waals surface area (Å²) in [6.45, 7) is 0. The largest absolute Gasteiger partial charge is 0.417 e. The zero-order valence-corrected chi connectivity index (χ0v) is 10.7. The second kappa shape index (κ2) is 5.35. The number of nitriles is 1. The molecular formula is C13H7F3N2OS. The first-order valence-electron chi connectivity index (χ1n) is 5.38. The van der Waals surface area contributed by atoms with Crippen molar-refractivity contribution in [3.8, 4) is 6.07 Å². The van der Waals surface area contributed by atoms with Crippen LogP contribution in [0.5, 0.6) is 0 Å². The number of benzene rings is 1. The summed E-state index contributed by atoms with van der Waals surface area (Å²) in [5, 5.41) is 12.7. The number of hydrogen-bond acceptors (Lipinski definition) is 3. The number of amides is 1. The monoisotopic (exact) mass is 296 g/mol. The van der Waals surface area contributed by atoms with Gasteiger partial charge in [0.05, 0.1) is 22.1 Å². The highest BCUT2D eigenvalue weighted by molar-refractivity contribution is 7.12. The van der Waals surface area contributed by atoms with Gasteiger partial charge < -0.3 is 5.32 Å². The van der Waals surface area contributed by atoms with Crippen LogP contribution in [-0.2, 0) is 6.18 Å². The Hall–Kier alpha value is -2.33. The Bertz CT molecular complexity index is 672. The average molecular weight is 296 g/mol.